The van der Waals surface area contributed by atoms with Crippen LogP contribution in [-0.2, 0) is 0 Å². The van der Waals surface area contributed by atoms with Crippen LogP contribution in [0.15, 0.2) is 42.5 Å². The van der Waals surface area contributed by atoms with E-state index in [4.69, 9.17) is 5.11 Å². The van der Waals surface area contributed by atoms with Crippen molar-refractivity contribution in [1.82, 2.24) is 0 Å². The number of aromatic carboxylic acids is 1. The second-order valence-electron chi connectivity index (χ2n) is 3.99. The molecule has 0 saturated heterocycles. The van der Waals surface area contributed by atoms with Crippen LogP contribution in [0.3, 0.4) is 0 Å². The number of rotatable bonds is 3. The maximum atomic E-state index is 10.9. The van der Waals surface area contributed by atoms with Crippen LogP contribution in [0.2, 0.25) is 0 Å². The summed E-state index contributed by atoms with van der Waals surface area (Å²) in [6, 6.07) is 12.1. The summed E-state index contributed by atoms with van der Waals surface area (Å²) in [6.07, 6.45) is 3.46. The molecule has 19 heavy (non-hydrogen) atoms. The maximum absolute atomic E-state index is 10.9. The zero-order valence-electron chi connectivity index (χ0n) is 9.95. The molecule has 0 radical (unpaired) electrons. The van der Waals surface area contributed by atoms with Crippen LogP contribution in [0.25, 0.3) is 12.2 Å². The summed E-state index contributed by atoms with van der Waals surface area (Å²) in [4.78, 5) is 10.9. The Morgan fingerprint density at radius 1 is 0.947 bits per heavy atom. The molecule has 0 unspecified atom stereocenters. The zero-order chi connectivity index (χ0) is 13.8. The molecule has 0 fully saturated rings. The van der Waals surface area contributed by atoms with Crippen molar-refractivity contribution in [3.63, 3.8) is 0 Å². The van der Waals surface area contributed by atoms with Crippen molar-refractivity contribution in [2.24, 2.45) is 0 Å². The molecule has 0 atom stereocenters. The molecule has 0 saturated carbocycles. The van der Waals surface area contributed by atoms with Gasteiger partial charge in [-0.05, 0) is 23.3 Å². The molecule has 4 heteroatoms. The smallest absolute Gasteiger partial charge is 0.339 e. The fraction of sp³-hybridized carbons (Fsp3) is 0. The third-order valence-corrected chi connectivity index (χ3v) is 2.61. The molecule has 0 bridgehead atoms. The highest BCUT2D eigenvalue weighted by Crippen LogP contribution is 2.31. The number of benzene rings is 2. The topological polar surface area (TPSA) is 77.8 Å². The molecule has 2 aromatic carbocycles. The van der Waals surface area contributed by atoms with Gasteiger partial charge in [0.1, 0.15) is 5.56 Å². The van der Waals surface area contributed by atoms with Crippen LogP contribution in [0.1, 0.15) is 21.5 Å². The summed E-state index contributed by atoms with van der Waals surface area (Å²) in [5.74, 6) is -2.36. The molecule has 0 aliphatic rings. The normalized spacial score (nSPS) is 10.7. The van der Waals surface area contributed by atoms with Crippen molar-refractivity contribution in [2.75, 3.05) is 0 Å². The summed E-state index contributed by atoms with van der Waals surface area (Å²) in [5, 5.41) is 27.8. The molecule has 0 amide bonds. The van der Waals surface area contributed by atoms with E-state index in [1.54, 1.807) is 12.2 Å². The third-order valence-electron chi connectivity index (χ3n) is 2.61. The minimum absolute atomic E-state index is 0.326. The number of carboxylic acid groups (broad SMARTS) is 1. The van der Waals surface area contributed by atoms with E-state index in [1.165, 1.54) is 12.1 Å². The molecule has 0 aliphatic carbocycles. The van der Waals surface area contributed by atoms with Gasteiger partial charge in [-0.3, -0.25) is 0 Å². The molecule has 0 aromatic heterocycles. The molecule has 0 aliphatic heterocycles. The number of phenolic OH excluding ortho intramolecular Hbond substituents is 1. The van der Waals surface area contributed by atoms with Gasteiger partial charge in [0.25, 0.3) is 0 Å². The van der Waals surface area contributed by atoms with Gasteiger partial charge in [0.05, 0.1) is 0 Å². The van der Waals surface area contributed by atoms with Crippen molar-refractivity contribution in [3.05, 3.63) is 59.2 Å². The average Bonchev–Trinajstić information content (AvgIpc) is 2.41. The quantitative estimate of drug-likeness (QED) is 0.582. The van der Waals surface area contributed by atoms with Crippen molar-refractivity contribution in [2.45, 2.75) is 0 Å². The number of hydrogen-bond donors (Lipinski definition) is 3. The number of hydrogen-bond acceptors (Lipinski definition) is 3. The molecule has 0 heterocycles. The SMILES string of the molecule is O=C(O)c1cc(C=Cc2ccccc2)cc(O)c1O. The van der Waals surface area contributed by atoms with Crippen molar-refractivity contribution in [1.29, 1.82) is 0 Å². The fourth-order valence-electron chi connectivity index (χ4n) is 1.66. The first-order valence-corrected chi connectivity index (χ1v) is 5.60. The Balaban J connectivity index is 2.36. The van der Waals surface area contributed by atoms with Crippen LogP contribution in [0, 0.1) is 0 Å². The molecule has 3 N–H and O–H groups in total. The Hall–Kier alpha value is -2.75. The summed E-state index contributed by atoms with van der Waals surface area (Å²) in [6.45, 7) is 0. The van der Waals surface area contributed by atoms with Crippen molar-refractivity contribution in [3.8, 4) is 11.5 Å². The molecule has 4 nitrogen and oxygen atoms in total. The van der Waals surface area contributed by atoms with E-state index in [0.29, 0.717) is 5.56 Å². The maximum Gasteiger partial charge on any atom is 0.339 e. The lowest BCUT2D eigenvalue weighted by atomic mass is 10.1. The lowest BCUT2D eigenvalue weighted by molar-refractivity contribution is 0.0693. The summed E-state index contributed by atoms with van der Waals surface area (Å²) in [7, 11) is 0. The first-order valence-electron chi connectivity index (χ1n) is 5.60. The second kappa shape index (κ2) is 5.27. The van der Waals surface area contributed by atoms with E-state index < -0.39 is 17.5 Å². The Morgan fingerprint density at radius 2 is 1.58 bits per heavy atom. The lowest BCUT2D eigenvalue weighted by Gasteiger charge is -2.04. The lowest BCUT2D eigenvalue weighted by Crippen LogP contribution is -1.97. The van der Waals surface area contributed by atoms with Crippen molar-refractivity contribution < 1.29 is 20.1 Å². The third kappa shape index (κ3) is 2.93. The van der Waals surface area contributed by atoms with Gasteiger partial charge in [0, 0.05) is 0 Å². The van der Waals surface area contributed by atoms with Crippen LogP contribution >= 0.6 is 0 Å². The highest BCUT2D eigenvalue weighted by Gasteiger charge is 2.14. The minimum atomic E-state index is -1.29. The first-order chi connectivity index (χ1) is 9.08. The van der Waals surface area contributed by atoms with Gasteiger partial charge in [-0.1, -0.05) is 42.5 Å². The minimum Gasteiger partial charge on any atom is -0.504 e. The van der Waals surface area contributed by atoms with Crippen LogP contribution in [-0.4, -0.2) is 21.3 Å². The summed E-state index contributed by atoms with van der Waals surface area (Å²) >= 11 is 0. The van der Waals surface area contributed by atoms with Gasteiger partial charge in [-0.25, -0.2) is 4.79 Å². The Bertz CT molecular complexity index is 630. The highest BCUT2D eigenvalue weighted by molar-refractivity contribution is 5.93. The Kier molecular flexibility index (Phi) is 3.52. The number of aromatic hydroxyl groups is 2. The van der Waals surface area contributed by atoms with Crippen molar-refractivity contribution >= 4 is 18.1 Å². The number of carboxylic acids is 1. The predicted molar refractivity (Wildman–Crippen MR) is 72.1 cm³/mol. The van der Waals surface area contributed by atoms with Gasteiger partial charge >= 0.3 is 5.97 Å². The Labute approximate surface area is 109 Å². The molecule has 2 aromatic rings. The largest absolute Gasteiger partial charge is 0.504 e. The van der Waals surface area contributed by atoms with Gasteiger partial charge < -0.3 is 15.3 Å². The van der Waals surface area contributed by atoms with E-state index in [0.717, 1.165) is 5.56 Å². The summed E-state index contributed by atoms with van der Waals surface area (Å²) in [5.41, 5.74) is 1.12. The van der Waals surface area contributed by atoms with Crippen LogP contribution < -0.4 is 0 Å². The zero-order valence-corrected chi connectivity index (χ0v) is 9.95. The van der Waals surface area contributed by atoms with E-state index in [2.05, 4.69) is 0 Å². The van der Waals surface area contributed by atoms with E-state index in [9.17, 15) is 15.0 Å². The molecular weight excluding hydrogens is 244 g/mol. The first kappa shape index (κ1) is 12.7. The average molecular weight is 256 g/mol. The molecule has 2 rings (SSSR count). The van der Waals surface area contributed by atoms with Gasteiger partial charge in [0.2, 0.25) is 0 Å². The fourth-order valence-corrected chi connectivity index (χ4v) is 1.66. The van der Waals surface area contributed by atoms with Gasteiger partial charge in [-0.15, -0.1) is 0 Å². The highest BCUT2D eigenvalue weighted by atomic mass is 16.4. The van der Waals surface area contributed by atoms with Gasteiger partial charge in [0.15, 0.2) is 11.5 Å². The summed E-state index contributed by atoms with van der Waals surface area (Å²) < 4.78 is 0. The van der Waals surface area contributed by atoms with E-state index >= 15 is 0 Å². The standard InChI is InChI=1S/C15H12O4/c16-13-9-11(8-12(14(13)17)15(18)19)7-6-10-4-2-1-3-5-10/h1-9,16-17H,(H,18,19). The second-order valence-corrected chi connectivity index (χ2v) is 3.99. The molecular formula is C15H12O4. The van der Waals surface area contributed by atoms with E-state index in [1.807, 2.05) is 30.3 Å². The Morgan fingerprint density at radius 3 is 2.21 bits per heavy atom. The number of phenols is 2. The monoisotopic (exact) mass is 256 g/mol. The van der Waals surface area contributed by atoms with Gasteiger partial charge in [-0.2, -0.15) is 0 Å². The van der Waals surface area contributed by atoms with E-state index in [-0.39, 0.29) is 5.56 Å². The number of carbonyl (C=O) groups is 1. The molecule has 96 valence electrons. The molecule has 0 spiro atoms. The van der Waals surface area contributed by atoms with Crippen LogP contribution in [0.4, 0.5) is 0 Å². The van der Waals surface area contributed by atoms with Crippen LogP contribution in [0.5, 0.6) is 11.5 Å². The predicted octanol–water partition coefficient (Wildman–Crippen LogP) is 2.97.